The van der Waals surface area contributed by atoms with E-state index in [1.807, 2.05) is 0 Å². The molecule has 708 valence electrons. The second-order valence-electron chi connectivity index (χ2n) is 0. The predicted molar refractivity (Wildman–Crippen MR) is 8.54 cm³/mol. The average molecular weight is 4080 g/mol. The summed E-state index contributed by atoms with van der Waals surface area (Å²) in [5, 5.41) is 0. The van der Waals surface area contributed by atoms with Crippen LogP contribution in [0, 0.1) is 0 Å². The summed E-state index contributed by atoms with van der Waals surface area (Å²) in [6.45, 7) is 0. The summed E-state index contributed by atoms with van der Waals surface area (Å²) >= 11 is 0. The van der Waals surface area contributed by atoms with Crippen molar-refractivity contribution >= 4 is 10.1 Å². The number of hydrogen-bond acceptors (Lipinski definition) is 0. The van der Waals surface area contributed by atoms with Crippen molar-refractivity contribution in [3.8, 4) is 0 Å². The van der Waals surface area contributed by atoms with E-state index in [9.17, 15) is 0 Å². The molecule has 0 rings (SSSR count). The van der Waals surface area contributed by atoms with Crippen molar-refractivity contribution < 1.29 is 1090 Å². The van der Waals surface area contributed by atoms with Gasteiger partial charge in [-0.2, -0.15) is 0 Å². The van der Waals surface area contributed by atoms with Gasteiger partial charge >= 0.3 is 10.1 Å². The van der Waals surface area contributed by atoms with E-state index >= 15 is 0 Å². The van der Waals surface area contributed by atoms with Crippen LogP contribution >= 0.6 is 0 Å². The summed E-state index contributed by atoms with van der Waals surface area (Å²) in [4.78, 5) is 0. The molecule has 0 aromatic carbocycles. The van der Waals surface area contributed by atoms with Gasteiger partial charge in [-0.1, -0.05) is 0 Å². The molecule has 0 amide bonds. The molecule has 65 heteroatoms. The van der Waals surface area contributed by atoms with Crippen molar-refractivity contribution in [1.29, 1.82) is 0 Å². The summed E-state index contributed by atoms with van der Waals surface area (Å²) in [5.41, 5.74) is 0. The van der Waals surface area contributed by atoms with Gasteiger partial charge in [0.1, 0.15) is 0 Å². The molecule has 0 unspecified atom stereocenters. The fraction of sp³-hybridized carbons (Fsp3) is 0. The Balaban J connectivity index is 0. The third-order valence-electron chi connectivity index (χ3n) is 0. The molecule has 0 atom stereocenters. The topological polar surface area (TPSA) is 0 Å². The second-order valence-corrected chi connectivity index (χ2v) is 0. The molecule has 0 saturated carbocycles. The minimum atomic E-state index is 0. The zero-order chi connectivity index (χ0) is 0. The summed E-state index contributed by atoms with van der Waals surface area (Å²) in [7, 11) is 0. The van der Waals surface area contributed by atoms with Crippen molar-refractivity contribution in [1.82, 2.24) is 0 Å². The van der Waals surface area contributed by atoms with Crippen LogP contribution < -0.4 is 0 Å². The van der Waals surface area contributed by atoms with E-state index in [1.54, 1.807) is 0 Å². The first-order valence-corrected chi connectivity index (χ1v) is 0. The smallest absolute Gasteiger partial charge is 0 e. The van der Waals surface area contributed by atoms with Gasteiger partial charge in [0.05, 0.1) is 0 Å². The van der Waals surface area contributed by atoms with Gasteiger partial charge in [-0.25, -0.2) is 0 Å². The van der Waals surface area contributed by atoms with E-state index in [0.29, 0.717) is 0 Å². The second kappa shape index (κ2) is 811. The average Bonchev–Trinajstić information content (AvgIpc) is 0. The molecule has 0 spiro atoms. The van der Waals surface area contributed by atoms with Crippen LogP contribution in [-0.4, -0.2) is 10.1 Å². The van der Waals surface area contributed by atoms with Crippen molar-refractivity contribution in [3.05, 3.63) is 0 Å². The third-order valence-corrected chi connectivity index (χ3v) is 0. The predicted octanol–water partition coefficient (Wildman–Crippen LogP) is -1.08. The van der Waals surface area contributed by atoms with Crippen LogP contribution in [0.1, 0.15) is 0 Å². The molecule has 0 aromatic rings. The van der Waals surface area contributed by atoms with E-state index in [4.69, 9.17) is 0 Å². The Hall–Kier alpha value is 33.4. The molecular weight excluding hydrogens is 4080 g/mol. The Morgan fingerprint density at radius 3 is 0.0308 bits per heavy atom. The van der Waals surface area contributed by atoms with Crippen molar-refractivity contribution in [3.63, 3.8) is 0 Å². The Morgan fingerprint density at radius 2 is 0.0308 bits per heavy atom. The molecule has 65 heavy (non-hydrogen) atoms. The summed E-state index contributed by atoms with van der Waals surface area (Å²) < 4.78 is 0. The maximum atomic E-state index is 0. The van der Waals surface area contributed by atoms with Crippen molar-refractivity contribution in [2.45, 2.75) is 0 Å². The SMILES string of the molecule is [BeH2].[Cu].[Cu].[Cu].[Cu].[Cu].[Cu].[Cu].[Cu].[Cu].[Cu].[Cu].[Cu].[Cu].[Cu].[Cu].[Cu].[Cu].[Cu].[Cu].[Cu].[Cu].[Cu].[Cu].[Cu].[Cu].[Cu].[Cu].[Cu].[Cu].[Cu].[Cu].[Cu].[Cu].[Cu].[Cu].[Cu].[Cu].[Cu].[Cu].[Cu].[Cu].[Cu].[Cu].[Cu].[Cu].[Cu].[Cu].[Cu].[Cu].[Cu].[Cu].[Cu].[Cu].[Cu].[Cu].[Cu].[Cu].[Cu].[Cu].[Cu].[Cu].[Cu].[Cu].[Cu]. The van der Waals surface area contributed by atoms with E-state index < -0.39 is 0 Å². The van der Waals surface area contributed by atoms with Crippen LogP contribution in [0.15, 0.2) is 0 Å². The summed E-state index contributed by atoms with van der Waals surface area (Å²) in [6.07, 6.45) is 0. The first-order valence-electron chi connectivity index (χ1n) is 0. The van der Waals surface area contributed by atoms with E-state index in [1.165, 1.54) is 0 Å². The molecule has 0 nitrogen and oxygen atoms in total. The zero-order valence-corrected chi connectivity index (χ0v) is 79.6. The molecule has 0 aromatic heterocycles. The van der Waals surface area contributed by atoms with Crippen molar-refractivity contribution in [2.75, 3.05) is 0 Å². The standard InChI is InChI=1S/Be.64Cu.2H. The maximum Gasteiger partial charge on any atom is 0 e. The van der Waals surface area contributed by atoms with Crippen LogP contribution in [0.5, 0.6) is 0 Å². The van der Waals surface area contributed by atoms with Gasteiger partial charge in [-0.05, 0) is 0 Å². The van der Waals surface area contributed by atoms with Gasteiger partial charge in [0, 0.05) is 1090 Å². The van der Waals surface area contributed by atoms with E-state index in [2.05, 4.69) is 0 Å². The zero-order valence-electron chi connectivity index (χ0n) is 19.3. The molecular formula is H2BeCu64. The summed E-state index contributed by atoms with van der Waals surface area (Å²) in [6, 6.07) is 0. The van der Waals surface area contributed by atoms with E-state index in [-0.39, 0.29) is 1100 Å². The fourth-order valence-electron chi connectivity index (χ4n) is 0. The largest absolute Gasteiger partial charge is 0 e. The van der Waals surface area contributed by atoms with Gasteiger partial charge in [-0.15, -0.1) is 0 Å². The Morgan fingerprint density at radius 1 is 0.0308 bits per heavy atom. The van der Waals surface area contributed by atoms with Crippen molar-refractivity contribution in [2.24, 2.45) is 0 Å². The molecule has 0 aliphatic rings. The van der Waals surface area contributed by atoms with Crippen LogP contribution in [-0.2, 0) is 1090 Å². The Labute approximate surface area is 1070 Å². The molecule has 0 aliphatic heterocycles. The Bertz CT molecular complexity index is 7.45. The molecule has 0 fully saturated rings. The molecule has 0 bridgehead atoms. The van der Waals surface area contributed by atoms with Gasteiger partial charge in [0.2, 0.25) is 0 Å². The third kappa shape index (κ3) is 794. The molecule has 0 heterocycles. The minimum absolute atomic E-state index is 0. The first kappa shape index (κ1) is 836. The first-order chi connectivity index (χ1) is 0. The van der Waals surface area contributed by atoms with Gasteiger partial charge < -0.3 is 0 Å². The summed E-state index contributed by atoms with van der Waals surface area (Å²) in [5.74, 6) is 0. The maximum absolute atomic E-state index is 0. The minimum Gasteiger partial charge on any atom is 0 e. The molecule has 0 aliphatic carbocycles. The van der Waals surface area contributed by atoms with Crippen LogP contribution in [0.2, 0.25) is 0 Å². The van der Waals surface area contributed by atoms with Gasteiger partial charge in [0.25, 0.3) is 0 Å². The fourth-order valence-corrected chi connectivity index (χ4v) is 0. The van der Waals surface area contributed by atoms with Crippen LogP contribution in [0.25, 0.3) is 0 Å². The number of rotatable bonds is 0. The monoisotopic (exact) mass is 4040 g/mol. The quantitative estimate of drug-likeness (QED) is 0.272. The normalized spacial score (nSPS) is 0. The molecule has 0 N–H and O–H groups in total. The van der Waals surface area contributed by atoms with E-state index in [0.717, 1.165) is 0 Å². The molecule has 0 saturated heterocycles. The van der Waals surface area contributed by atoms with Crippen LogP contribution in [0.3, 0.4) is 0 Å². The number of hydrogen-bond donors (Lipinski definition) is 0. The van der Waals surface area contributed by atoms with Gasteiger partial charge in [-0.3, -0.25) is 0 Å². The Kier molecular flexibility index (Phi) is 10400. The van der Waals surface area contributed by atoms with Crippen LogP contribution in [0.4, 0.5) is 0 Å². The van der Waals surface area contributed by atoms with Gasteiger partial charge in [0.15, 0.2) is 0 Å². The molecule has 64 radical (unpaired) electrons.